The van der Waals surface area contributed by atoms with Gasteiger partial charge >= 0.3 is 0 Å². The highest BCUT2D eigenvalue weighted by Crippen LogP contribution is 2.41. The summed E-state index contributed by atoms with van der Waals surface area (Å²) >= 11 is 0. The molecule has 1 aliphatic rings. The fourth-order valence-electron chi connectivity index (χ4n) is 3.55. The summed E-state index contributed by atoms with van der Waals surface area (Å²) < 4.78 is 0. The Hall–Kier alpha value is -1.02. The first kappa shape index (κ1) is 14.4. The van der Waals surface area contributed by atoms with Crippen molar-refractivity contribution in [3.8, 4) is 0 Å². The van der Waals surface area contributed by atoms with Gasteiger partial charge in [-0.1, -0.05) is 25.1 Å². The van der Waals surface area contributed by atoms with Crippen molar-refractivity contribution in [1.29, 1.82) is 0 Å². The average molecular weight is 261 g/mol. The van der Waals surface area contributed by atoms with Crippen LogP contribution in [0, 0.1) is 12.8 Å². The van der Waals surface area contributed by atoms with Crippen LogP contribution in [-0.2, 0) is 6.42 Å². The predicted octanol–water partition coefficient (Wildman–Crippen LogP) is 3.54. The van der Waals surface area contributed by atoms with E-state index >= 15 is 0 Å². The molecule has 1 aromatic carbocycles. The Balaban J connectivity index is 2.36. The van der Waals surface area contributed by atoms with Gasteiger partial charge in [-0.2, -0.15) is 0 Å². The molecule has 1 unspecified atom stereocenters. The van der Waals surface area contributed by atoms with Crippen molar-refractivity contribution in [2.24, 2.45) is 5.92 Å². The van der Waals surface area contributed by atoms with E-state index < -0.39 is 0 Å². The van der Waals surface area contributed by atoms with Crippen LogP contribution in [0.3, 0.4) is 0 Å². The molecule has 0 amide bonds. The molecule has 1 atom stereocenters. The van der Waals surface area contributed by atoms with E-state index in [1.807, 2.05) is 0 Å². The van der Waals surface area contributed by atoms with Gasteiger partial charge in [0.15, 0.2) is 0 Å². The Kier molecular flexibility index (Phi) is 4.19. The summed E-state index contributed by atoms with van der Waals surface area (Å²) in [6.07, 6.45) is 3.17. The van der Waals surface area contributed by atoms with Gasteiger partial charge in [-0.15, -0.1) is 0 Å². The molecule has 2 rings (SSSR count). The van der Waals surface area contributed by atoms with Crippen LogP contribution in [-0.4, -0.2) is 23.8 Å². The zero-order valence-electron chi connectivity index (χ0n) is 12.7. The third-order valence-electron chi connectivity index (χ3n) is 4.47. The van der Waals surface area contributed by atoms with Crippen molar-refractivity contribution < 1.29 is 5.11 Å². The van der Waals surface area contributed by atoms with Gasteiger partial charge in [0.05, 0.1) is 0 Å². The van der Waals surface area contributed by atoms with E-state index in [-0.39, 0.29) is 5.54 Å². The fourth-order valence-corrected chi connectivity index (χ4v) is 3.55. The SMILES string of the molecule is CCc1cccc(C)c1N1CC(CCO)CC1(C)C. The van der Waals surface area contributed by atoms with Crippen molar-refractivity contribution in [3.05, 3.63) is 29.3 Å². The molecule has 106 valence electrons. The first-order chi connectivity index (χ1) is 8.99. The van der Waals surface area contributed by atoms with Crippen molar-refractivity contribution in [3.63, 3.8) is 0 Å². The number of aliphatic hydroxyl groups is 1. The van der Waals surface area contributed by atoms with Gasteiger partial charge in [0.1, 0.15) is 0 Å². The summed E-state index contributed by atoms with van der Waals surface area (Å²) in [6.45, 7) is 10.5. The number of anilines is 1. The van der Waals surface area contributed by atoms with Gasteiger partial charge in [0.25, 0.3) is 0 Å². The van der Waals surface area contributed by atoms with E-state index in [4.69, 9.17) is 0 Å². The molecule has 0 bridgehead atoms. The first-order valence-corrected chi connectivity index (χ1v) is 7.46. The number of para-hydroxylation sites is 1. The lowest BCUT2D eigenvalue weighted by Gasteiger charge is -2.36. The molecule has 2 nitrogen and oxygen atoms in total. The minimum absolute atomic E-state index is 0.190. The van der Waals surface area contributed by atoms with E-state index in [1.165, 1.54) is 23.2 Å². The zero-order chi connectivity index (χ0) is 14.0. The van der Waals surface area contributed by atoms with Crippen LogP contribution in [0.15, 0.2) is 18.2 Å². The topological polar surface area (TPSA) is 23.5 Å². The van der Waals surface area contributed by atoms with Crippen LogP contribution < -0.4 is 4.90 Å². The molecular formula is C17H27NO. The maximum absolute atomic E-state index is 9.19. The molecule has 0 saturated carbocycles. The van der Waals surface area contributed by atoms with Crippen LogP contribution in [0.5, 0.6) is 0 Å². The summed E-state index contributed by atoms with van der Waals surface area (Å²) in [7, 11) is 0. The lowest BCUT2D eigenvalue weighted by atomic mass is 9.94. The molecule has 2 heteroatoms. The van der Waals surface area contributed by atoms with E-state index in [1.54, 1.807) is 0 Å². The van der Waals surface area contributed by atoms with Gasteiger partial charge in [0.2, 0.25) is 0 Å². The summed E-state index contributed by atoms with van der Waals surface area (Å²) in [5.41, 5.74) is 4.43. The Morgan fingerprint density at radius 1 is 1.37 bits per heavy atom. The second kappa shape index (κ2) is 5.54. The van der Waals surface area contributed by atoms with Crippen molar-refractivity contribution in [2.75, 3.05) is 18.1 Å². The number of benzene rings is 1. The number of aliphatic hydroxyl groups excluding tert-OH is 1. The lowest BCUT2D eigenvalue weighted by Crippen LogP contribution is -2.39. The quantitative estimate of drug-likeness (QED) is 0.896. The normalized spacial score (nSPS) is 21.9. The molecule has 0 aromatic heterocycles. The maximum atomic E-state index is 9.19. The molecule has 1 heterocycles. The van der Waals surface area contributed by atoms with E-state index in [0.717, 1.165) is 19.4 Å². The highest BCUT2D eigenvalue weighted by Gasteiger charge is 2.39. The minimum Gasteiger partial charge on any atom is -0.396 e. The molecule has 1 aliphatic heterocycles. The fraction of sp³-hybridized carbons (Fsp3) is 0.647. The van der Waals surface area contributed by atoms with Crippen molar-refractivity contribution in [1.82, 2.24) is 0 Å². The van der Waals surface area contributed by atoms with Gasteiger partial charge in [-0.25, -0.2) is 0 Å². The second-order valence-electron chi connectivity index (χ2n) is 6.44. The van der Waals surface area contributed by atoms with Crippen molar-refractivity contribution in [2.45, 2.75) is 52.5 Å². The molecule has 0 radical (unpaired) electrons. The Morgan fingerprint density at radius 3 is 2.74 bits per heavy atom. The van der Waals surface area contributed by atoms with Crippen LogP contribution >= 0.6 is 0 Å². The third-order valence-corrected chi connectivity index (χ3v) is 4.47. The van der Waals surface area contributed by atoms with Crippen LogP contribution in [0.2, 0.25) is 0 Å². The molecule has 1 saturated heterocycles. The molecule has 0 aliphatic carbocycles. The third kappa shape index (κ3) is 2.79. The summed E-state index contributed by atoms with van der Waals surface area (Å²) in [4.78, 5) is 2.57. The number of hydrogen-bond donors (Lipinski definition) is 1. The highest BCUT2D eigenvalue weighted by molar-refractivity contribution is 5.61. The van der Waals surface area contributed by atoms with Gasteiger partial charge < -0.3 is 10.0 Å². The van der Waals surface area contributed by atoms with Gasteiger partial charge in [-0.3, -0.25) is 0 Å². The largest absolute Gasteiger partial charge is 0.396 e. The summed E-state index contributed by atoms with van der Waals surface area (Å²) in [6, 6.07) is 6.62. The van der Waals surface area contributed by atoms with E-state index in [2.05, 4.69) is 50.8 Å². The molecular weight excluding hydrogens is 234 g/mol. The van der Waals surface area contributed by atoms with Crippen LogP contribution in [0.4, 0.5) is 5.69 Å². The second-order valence-corrected chi connectivity index (χ2v) is 6.44. The molecule has 1 aromatic rings. The van der Waals surface area contributed by atoms with Gasteiger partial charge in [0, 0.05) is 24.4 Å². The molecule has 1 N–H and O–H groups in total. The monoisotopic (exact) mass is 261 g/mol. The lowest BCUT2D eigenvalue weighted by molar-refractivity contribution is 0.259. The maximum Gasteiger partial charge on any atom is 0.0434 e. The van der Waals surface area contributed by atoms with E-state index in [0.29, 0.717) is 12.5 Å². The predicted molar refractivity (Wildman–Crippen MR) is 81.8 cm³/mol. The number of rotatable bonds is 4. The average Bonchev–Trinajstić information content (AvgIpc) is 2.64. The molecule has 0 spiro atoms. The smallest absolute Gasteiger partial charge is 0.0434 e. The Bertz CT molecular complexity index is 439. The zero-order valence-corrected chi connectivity index (χ0v) is 12.7. The highest BCUT2D eigenvalue weighted by atomic mass is 16.3. The molecule has 19 heavy (non-hydrogen) atoms. The molecule has 1 fully saturated rings. The number of aryl methyl sites for hydroxylation is 2. The van der Waals surface area contributed by atoms with Crippen LogP contribution in [0.1, 0.15) is 44.7 Å². The van der Waals surface area contributed by atoms with Gasteiger partial charge in [-0.05, 0) is 57.1 Å². The number of nitrogens with zero attached hydrogens (tertiary/aromatic N) is 1. The first-order valence-electron chi connectivity index (χ1n) is 7.46. The summed E-state index contributed by atoms with van der Waals surface area (Å²) in [5, 5.41) is 9.19. The van der Waals surface area contributed by atoms with Crippen LogP contribution in [0.25, 0.3) is 0 Å². The Labute approximate surface area is 117 Å². The Morgan fingerprint density at radius 2 is 2.11 bits per heavy atom. The standard InChI is InChI=1S/C17H27NO/c1-5-15-8-6-7-13(2)16(15)18-12-14(9-10-19)11-17(18,3)4/h6-8,14,19H,5,9-12H2,1-4H3. The van der Waals surface area contributed by atoms with E-state index in [9.17, 15) is 5.11 Å². The summed E-state index contributed by atoms with van der Waals surface area (Å²) in [5.74, 6) is 0.615. The number of hydrogen-bond acceptors (Lipinski definition) is 2. The minimum atomic E-state index is 0.190. The van der Waals surface area contributed by atoms with Crippen molar-refractivity contribution >= 4 is 5.69 Å².